The minimum absolute atomic E-state index is 0.0792. The maximum atomic E-state index is 13.1. The zero-order valence-corrected chi connectivity index (χ0v) is 17.5. The Morgan fingerprint density at radius 3 is 2.30 bits per heavy atom. The first kappa shape index (κ1) is 21.9. The summed E-state index contributed by atoms with van der Waals surface area (Å²) < 4.78 is 23.6. The molecule has 0 aliphatic rings. The number of carbonyl (C=O) groups is 2. The van der Waals surface area contributed by atoms with Gasteiger partial charge in [0.2, 0.25) is 5.82 Å². The van der Waals surface area contributed by atoms with Crippen LogP contribution in [0.2, 0.25) is 0 Å². The van der Waals surface area contributed by atoms with E-state index in [2.05, 4.69) is 15.5 Å². The number of carbonyl (C=O) groups excluding carboxylic acids is 2. The molecule has 1 atom stereocenters. The Balaban J connectivity index is 1.43. The van der Waals surface area contributed by atoms with Gasteiger partial charge in [-0.05, 0) is 42.0 Å². The normalized spacial score (nSPS) is 11.5. The Bertz CT molecular complexity index is 1210. The van der Waals surface area contributed by atoms with Gasteiger partial charge in [-0.25, -0.2) is 9.18 Å². The van der Waals surface area contributed by atoms with Gasteiger partial charge in [0, 0.05) is 17.5 Å². The summed E-state index contributed by atoms with van der Waals surface area (Å²) in [5.41, 5.74) is 1.86. The molecule has 0 saturated heterocycles. The largest absolute Gasteiger partial charge is 0.454 e. The van der Waals surface area contributed by atoms with E-state index in [4.69, 9.17) is 9.26 Å². The molecule has 1 amide bonds. The van der Waals surface area contributed by atoms with Crippen molar-refractivity contribution in [2.45, 2.75) is 19.1 Å². The van der Waals surface area contributed by atoms with Crippen LogP contribution in [-0.2, 0) is 22.6 Å². The van der Waals surface area contributed by atoms with E-state index in [-0.39, 0.29) is 36.5 Å². The zero-order valence-electron chi connectivity index (χ0n) is 17.5. The Morgan fingerprint density at radius 1 is 0.939 bits per heavy atom. The smallest absolute Gasteiger partial charge is 0.329 e. The summed E-state index contributed by atoms with van der Waals surface area (Å²) in [7, 11) is 0. The van der Waals surface area contributed by atoms with Crippen LogP contribution < -0.4 is 5.32 Å². The number of nitrogens with one attached hydrogen (secondary N) is 1. The van der Waals surface area contributed by atoms with Gasteiger partial charge in [-0.15, -0.1) is 0 Å². The number of halogens is 1. The van der Waals surface area contributed by atoms with E-state index in [1.165, 1.54) is 24.3 Å². The van der Waals surface area contributed by atoms with E-state index < -0.39 is 12.0 Å². The van der Waals surface area contributed by atoms with E-state index >= 15 is 0 Å². The molecule has 0 fully saturated rings. The molecule has 0 bridgehead atoms. The number of rotatable bonds is 8. The molecule has 0 aliphatic carbocycles. The first-order chi connectivity index (χ1) is 16.1. The zero-order chi connectivity index (χ0) is 23.0. The monoisotopic (exact) mass is 445 g/mol. The molecule has 7 nitrogen and oxygen atoms in total. The third kappa shape index (κ3) is 5.88. The third-order valence-corrected chi connectivity index (χ3v) is 4.82. The molecule has 33 heavy (non-hydrogen) atoms. The third-order valence-electron chi connectivity index (χ3n) is 4.82. The van der Waals surface area contributed by atoms with Crippen molar-refractivity contribution in [2.24, 2.45) is 0 Å². The average Bonchev–Trinajstić information content (AvgIpc) is 3.33. The summed E-state index contributed by atoms with van der Waals surface area (Å²) in [4.78, 5) is 29.6. The lowest BCUT2D eigenvalue weighted by atomic mass is 10.1. The van der Waals surface area contributed by atoms with Gasteiger partial charge in [-0.2, -0.15) is 4.98 Å². The van der Waals surface area contributed by atoms with Crippen molar-refractivity contribution in [1.29, 1.82) is 0 Å². The molecule has 0 aliphatic heterocycles. The van der Waals surface area contributed by atoms with E-state index in [1.54, 1.807) is 30.3 Å². The van der Waals surface area contributed by atoms with Crippen LogP contribution >= 0.6 is 0 Å². The number of esters is 1. The van der Waals surface area contributed by atoms with Gasteiger partial charge in [-0.1, -0.05) is 53.7 Å². The fraction of sp³-hybridized carbons (Fsp3) is 0.120. The molecule has 4 rings (SSSR count). The average molecular weight is 445 g/mol. The lowest BCUT2D eigenvalue weighted by molar-refractivity contribution is -0.148. The highest BCUT2D eigenvalue weighted by Crippen LogP contribution is 2.16. The highest BCUT2D eigenvalue weighted by Gasteiger charge is 2.24. The van der Waals surface area contributed by atoms with Crippen LogP contribution in [0.25, 0.3) is 11.4 Å². The quantitative estimate of drug-likeness (QED) is 0.413. The van der Waals surface area contributed by atoms with Crippen molar-refractivity contribution in [1.82, 2.24) is 15.5 Å². The highest BCUT2D eigenvalue weighted by atomic mass is 19.1. The summed E-state index contributed by atoms with van der Waals surface area (Å²) in [6.45, 7) is -0.264. The van der Waals surface area contributed by atoms with E-state index in [1.807, 2.05) is 30.3 Å². The number of amides is 1. The first-order valence-corrected chi connectivity index (χ1v) is 10.2. The molecule has 1 unspecified atom stereocenters. The SMILES string of the molecule is O=C(NC(Cc1ccccc1)C(=O)OCc1nc(-c2ccc(F)cc2)no1)c1ccccc1. The fourth-order valence-corrected chi connectivity index (χ4v) is 3.14. The summed E-state index contributed by atoms with van der Waals surface area (Å²) in [5, 5.41) is 6.56. The van der Waals surface area contributed by atoms with Crippen LogP contribution in [0.3, 0.4) is 0 Å². The van der Waals surface area contributed by atoms with Crippen LogP contribution in [0.1, 0.15) is 21.8 Å². The second kappa shape index (κ2) is 10.3. The van der Waals surface area contributed by atoms with Gasteiger partial charge in [-0.3, -0.25) is 4.79 Å². The molecule has 1 N–H and O–H groups in total. The van der Waals surface area contributed by atoms with Crippen molar-refractivity contribution in [3.8, 4) is 11.4 Å². The van der Waals surface area contributed by atoms with Crippen molar-refractivity contribution in [3.63, 3.8) is 0 Å². The molecule has 166 valence electrons. The van der Waals surface area contributed by atoms with Gasteiger partial charge in [0.25, 0.3) is 11.8 Å². The first-order valence-electron chi connectivity index (χ1n) is 10.2. The summed E-state index contributed by atoms with van der Waals surface area (Å²) in [6, 6.07) is 22.6. The van der Waals surface area contributed by atoms with E-state index in [9.17, 15) is 14.0 Å². The Labute approximate surface area is 189 Å². The molecule has 0 saturated carbocycles. The van der Waals surface area contributed by atoms with Crippen molar-refractivity contribution < 1.29 is 23.2 Å². The lowest BCUT2D eigenvalue weighted by Gasteiger charge is -2.17. The van der Waals surface area contributed by atoms with Crippen molar-refractivity contribution >= 4 is 11.9 Å². The van der Waals surface area contributed by atoms with Crippen LogP contribution in [0.4, 0.5) is 4.39 Å². The minimum Gasteiger partial charge on any atom is -0.454 e. The molecule has 0 spiro atoms. The summed E-state index contributed by atoms with van der Waals surface area (Å²) >= 11 is 0. The van der Waals surface area contributed by atoms with Gasteiger partial charge in [0.05, 0.1) is 0 Å². The predicted octanol–water partition coefficient (Wildman–Crippen LogP) is 3.96. The van der Waals surface area contributed by atoms with E-state index in [0.717, 1.165) is 5.56 Å². The van der Waals surface area contributed by atoms with Gasteiger partial charge in [0.1, 0.15) is 11.9 Å². The van der Waals surface area contributed by atoms with Crippen LogP contribution in [-0.4, -0.2) is 28.1 Å². The summed E-state index contributed by atoms with van der Waals surface area (Å²) in [5.74, 6) is -1.07. The van der Waals surface area contributed by atoms with Gasteiger partial charge >= 0.3 is 5.97 Å². The fourth-order valence-electron chi connectivity index (χ4n) is 3.14. The number of hydrogen-bond acceptors (Lipinski definition) is 6. The topological polar surface area (TPSA) is 94.3 Å². The van der Waals surface area contributed by atoms with Crippen LogP contribution in [0.15, 0.2) is 89.5 Å². The van der Waals surface area contributed by atoms with Gasteiger partial charge < -0.3 is 14.6 Å². The van der Waals surface area contributed by atoms with Crippen LogP contribution in [0.5, 0.6) is 0 Å². The molecule has 4 aromatic rings. The molecular formula is C25H20FN3O4. The Kier molecular flexibility index (Phi) is 6.84. The number of nitrogens with zero attached hydrogens (tertiary/aromatic N) is 2. The van der Waals surface area contributed by atoms with Crippen LogP contribution in [0, 0.1) is 5.82 Å². The van der Waals surface area contributed by atoms with Gasteiger partial charge in [0.15, 0.2) is 6.61 Å². The van der Waals surface area contributed by atoms with E-state index in [0.29, 0.717) is 11.1 Å². The highest BCUT2D eigenvalue weighted by molar-refractivity contribution is 5.96. The Morgan fingerprint density at radius 2 is 1.61 bits per heavy atom. The standard InChI is InChI=1S/C25H20FN3O4/c26-20-13-11-18(12-14-20)23-28-22(33-29-23)16-32-25(31)21(15-17-7-3-1-4-8-17)27-24(30)19-9-5-2-6-10-19/h1-14,21H,15-16H2,(H,27,30). The molecular weight excluding hydrogens is 425 g/mol. The van der Waals surface area contributed by atoms with Crippen molar-refractivity contribution in [2.75, 3.05) is 0 Å². The number of hydrogen-bond donors (Lipinski definition) is 1. The summed E-state index contributed by atoms with van der Waals surface area (Å²) in [6.07, 6.45) is 0.253. The number of benzene rings is 3. The molecule has 8 heteroatoms. The molecule has 1 aromatic heterocycles. The number of ether oxygens (including phenoxy) is 1. The maximum Gasteiger partial charge on any atom is 0.329 e. The predicted molar refractivity (Wildman–Crippen MR) is 117 cm³/mol. The second-order valence-electron chi connectivity index (χ2n) is 7.21. The molecule has 0 radical (unpaired) electrons. The second-order valence-corrected chi connectivity index (χ2v) is 7.21. The Hall–Kier alpha value is -4.33. The molecule has 1 heterocycles. The minimum atomic E-state index is -0.917. The maximum absolute atomic E-state index is 13.1. The number of aromatic nitrogens is 2. The lowest BCUT2D eigenvalue weighted by Crippen LogP contribution is -2.43. The van der Waals surface area contributed by atoms with Crippen molar-refractivity contribution in [3.05, 3.63) is 108 Å². The molecule has 3 aromatic carbocycles.